The molecule has 64 valence electrons. The summed E-state index contributed by atoms with van der Waals surface area (Å²) in [5.41, 5.74) is 0. The summed E-state index contributed by atoms with van der Waals surface area (Å²) in [5, 5.41) is 3.24. The first-order chi connectivity index (χ1) is 5.27. The van der Waals surface area contributed by atoms with Gasteiger partial charge in [-0.25, -0.2) is 8.78 Å². The van der Waals surface area contributed by atoms with Crippen molar-refractivity contribution in [3.05, 3.63) is 0 Å². The van der Waals surface area contributed by atoms with Crippen LogP contribution in [-0.4, -0.2) is 19.5 Å². The van der Waals surface area contributed by atoms with Crippen LogP contribution in [-0.2, 0) is 0 Å². The van der Waals surface area contributed by atoms with E-state index in [1.54, 1.807) is 0 Å². The summed E-state index contributed by atoms with van der Waals surface area (Å²) < 4.78 is 24.5. The quantitative estimate of drug-likeness (QED) is 0.614. The van der Waals surface area contributed by atoms with Gasteiger partial charge in [-0.2, -0.15) is 0 Å². The van der Waals surface area contributed by atoms with Crippen LogP contribution in [0.1, 0.15) is 12.8 Å². The maximum atomic E-state index is 12.2. The maximum Gasteiger partial charge on any atom is 0.241 e. The highest BCUT2D eigenvalue weighted by molar-refractivity contribution is 4.90. The zero-order valence-corrected chi connectivity index (χ0v) is 6.39. The highest BCUT2D eigenvalue weighted by Crippen LogP contribution is 2.40. The fourth-order valence-electron chi connectivity index (χ4n) is 2.42. The summed E-state index contributed by atoms with van der Waals surface area (Å²) in [6, 6.07) is 0. The van der Waals surface area contributed by atoms with Gasteiger partial charge < -0.3 is 5.32 Å². The molecule has 0 bridgehead atoms. The molecule has 1 aliphatic carbocycles. The van der Waals surface area contributed by atoms with Gasteiger partial charge in [0.05, 0.1) is 0 Å². The van der Waals surface area contributed by atoms with Gasteiger partial charge in [-0.3, -0.25) is 0 Å². The van der Waals surface area contributed by atoms with E-state index in [0.717, 1.165) is 25.9 Å². The molecule has 2 fully saturated rings. The van der Waals surface area contributed by atoms with E-state index in [4.69, 9.17) is 0 Å². The Bertz CT molecular complexity index is 137. The summed E-state index contributed by atoms with van der Waals surface area (Å²) >= 11 is 0. The molecule has 2 aliphatic rings. The average molecular weight is 161 g/mol. The Morgan fingerprint density at radius 1 is 1.09 bits per heavy atom. The Morgan fingerprint density at radius 2 is 1.64 bits per heavy atom. The fourth-order valence-corrected chi connectivity index (χ4v) is 2.42. The number of alkyl halides is 2. The summed E-state index contributed by atoms with van der Waals surface area (Å²) in [7, 11) is 0. The highest BCUT2D eigenvalue weighted by Gasteiger charge is 2.40. The molecule has 1 nitrogen and oxygen atoms in total. The van der Waals surface area contributed by atoms with Gasteiger partial charge >= 0.3 is 0 Å². The monoisotopic (exact) mass is 161 g/mol. The topological polar surface area (TPSA) is 12.0 Å². The van der Waals surface area contributed by atoms with Gasteiger partial charge in [-0.05, 0) is 37.8 Å². The van der Waals surface area contributed by atoms with E-state index in [1.807, 2.05) is 0 Å². The number of fused-ring (bicyclic) bond motifs is 1. The molecule has 0 aromatic rings. The average Bonchev–Trinajstić information content (AvgIpc) is 2.40. The lowest BCUT2D eigenvalue weighted by Gasteiger charge is -2.08. The molecule has 0 aromatic carbocycles. The predicted molar refractivity (Wildman–Crippen MR) is 38.6 cm³/mol. The van der Waals surface area contributed by atoms with Crippen LogP contribution in [0.2, 0.25) is 0 Å². The van der Waals surface area contributed by atoms with Crippen LogP contribution < -0.4 is 5.32 Å². The molecule has 11 heavy (non-hydrogen) atoms. The van der Waals surface area contributed by atoms with Crippen LogP contribution in [0.5, 0.6) is 0 Å². The molecular weight excluding hydrogens is 148 g/mol. The molecule has 0 aromatic heterocycles. The number of hydrogen-bond donors (Lipinski definition) is 1. The number of nitrogens with one attached hydrogen (secondary N) is 1. The van der Waals surface area contributed by atoms with Crippen LogP contribution in [0.4, 0.5) is 8.78 Å². The molecule has 1 heterocycles. The van der Waals surface area contributed by atoms with Gasteiger partial charge in [-0.1, -0.05) is 0 Å². The van der Waals surface area contributed by atoms with Gasteiger partial charge in [0.2, 0.25) is 6.43 Å². The minimum atomic E-state index is -2.08. The predicted octanol–water partition coefficient (Wildman–Crippen LogP) is 1.50. The van der Waals surface area contributed by atoms with E-state index in [2.05, 4.69) is 5.32 Å². The van der Waals surface area contributed by atoms with Crippen molar-refractivity contribution in [1.29, 1.82) is 0 Å². The van der Waals surface area contributed by atoms with E-state index in [0.29, 0.717) is 11.8 Å². The van der Waals surface area contributed by atoms with Crippen molar-refractivity contribution in [2.45, 2.75) is 19.3 Å². The van der Waals surface area contributed by atoms with E-state index in [-0.39, 0.29) is 5.92 Å². The lowest BCUT2D eigenvalue weighted by atomic mass is 10.0. The van der Waals surface area contributed by atoms with Gasteiger partial charge in [0.15, 0.2) is 0 Å². The largest absolute Gasteiger partial charge is 0.316 e. The van der Waals surface area contributed by atoms with Crippen LogP contribution >= 0.6 is 0 Å². The van der Waals surface area contributed by atoms with Crippen molar-refractivity contribution < 1.29 is 8.78 Å². The Kier molecular flexibility index (Phi) is 1.83. The molecular formula is C8H13F2N. The second-order valence-corrected chi connectivity index (χ2v) is 3.74. The van der Waals surface area contributed by atoms with Gasteiger partial charge in [0, 0.05) is 5.92 Å². The molecule has 0 radical (unpaired) electrons. The van der Waals surface area contributed by atoms with Crippen molar-refractivity contribution in [2.75, 3.05) is 13.1 Å². The normalized spacial score (nSPS) is 43.4. The molecule has 0 amide bonds. The van der Waals surface area contributed by atoms with E-state index >= 15 is 0 Å². The summed E-state index contributed by atoms with van der Waals surface area (Å²) in [4.78, 5) is 0. The molecule has 0 spiro atoms. The SMILES string of the molecule is FC(F)C1CC2CNCC2C1. The summed E-state index contributed by atoms with van der Waals surface area (Å²) in [5.74, 6) is 0.801. The number of halogens is 2. The van der Waals surface area contributed by atoms with Crippen LogP contribution in [0, 0.1) is 17.8 Å². The van der Waals surface area contributed by atoms with Gasteiger partial charge in [0.25, 0.3) is 0 Å². The highest BCUT2D eigenvalue weighted by atomic mass is 19.3. The van der Waals surface area contributed by atoms with Crippen LogP contribution in [0.3, 0.4) is 0 Å². The first-order valence-electron chi connectivity index (χ1n) is 4.26. The van der Waals surface area contributed by atoms with E-state index in [1.165, 1.54) is 0 Å². The standard InChI is InChI=1S/C8H13F2N/c9-8(10)5-1-6-3-11-4-7(6)2-5/h5-8,11H,1-4H2. The lowest BCUT2D eigenvalue weighted by molar-refractivity contribution is 0.0764. The van der Waals surface area contributed by atoms with Crippen molar-refractivity contribution in [1.82, 2.24) is 5.32 Å². The first-order valence-corrected chi connectivity index (χ1v) is 4.26. The zero-order valence-electron chi connectivity index (χ0n) is 6.39. The third kappa shape index (κ3) is 1.26. The third-order valence-electron chi connectivity index (χ3n) is 3.05. The van der Waals surface area contributed by atoms with Crippen LogP contribution in [0.25, 0.3) is 0 Å². The van der Waals surface area contributed by atoms with Crippen molar-refractivity contribution in [3.63, 3.8) is 0 Å². The van der Waals surface area contributed by atoms with Gasteiger partial charge in [-0.15, -0.1) is 0 Å². The molecule has 1 N–H and O–H groups in total. The maximum absolute atomic E-state index is 12.2. The first kappa shape index (κ1) is 7.47. The van der Waals surface area contributed by atoms with Crippen molar-refractivity contribution >= 4 is 0 Å². The molecule has 2 rings (SSSR count). The molecule has 1 saturated heterocycles. The number of rotatable bonds is 1. The Morgan fingerprint density at radius 3 is 2.09 bits per heavy atom. The second kappa shape index (κ2) is 2.70. The molecule has 3 heteroatoms. The zero-order chi connectivity index (χ0) is 7.84. The minimum absolute atomic E-state index is 0.299. The Hall–Kier alpha value is -0.180. The third-order valence-corrected chi connectivity index (χ3v) is 3.05. The molecule has 2 unspecified atom stereocenters. The molecule has 1 aliphatic heterocycles. The van der Waals surface area contributed by atoms with Crippen LogP contribution in [0.15, 0.2) is 0 Å². The van der Waals surface area contributed by atoms with Crippen molar-refractivity contribution in [3.8, 4) is 0 Å². The Labute approximate surface area is 65.2 Å². The second-order valence-electron chi connectivity index (χ2n) is 3.74. The molecule has 1 saturated carbocycles. The Balaban J connectivity index is 1.94. The summed E-state index contributed by atoms with van der Waals surface area (Å²) in [6.45, 7) is 1.93. The smallest absolute Gasteiger partial charge is 0.241 e. The van der Waals surface area contributed by atoms with Crippen molar-refractivity contribution in [2.24, 2.45) is 17.8 Å². The molecule has 2 atom stereocenters. The fraction of sp³-hybridized carbons (Fsp3) is 1.00. The van der Waals surface area contributed by atoms with E-state index < -0.39 is 6.43 Å². The lowest BCUT2D eigenvalue weighted by Crippen LogP contribution is -2.15. The summed E-state index contributed by atoms with van der Waals surface area (Å²) in [6.07, 6.45) is -0.592. The van der Waals surface area contributed by atoms with E-state index in [9.17, 15) is 8.78 Å². The number of hydrogen-bond acceptors (Lipinski definition) is 1. The van der Waals surface area contributed by atoms with Gasteiger partial charge in [0.1, 0.15) is 0 Å². The minimum Gasteiger partial charge on any atom is -0.316 e.